The van der Waals surface area contributed by atoms with Crippen LogP contribution in [0, 0.1) is 25.7 Å². The molecule has 0 aromatic heterocycles. The number of hydrogen-bond acceptors (Lipinski definition) is 2. The second kappa shape index (κ2) is 7.18. The molecule has 3 rings (SSSR count). The van der Waals surface area contributed by atoms with E-state index in [1.165, 1.54) is 11.1 Å². The summed E-state index contributed by atoms with van der Waals surface area (Å²) in [5.41, 5.74) is 4.67. The van der Waals surface area contributed by atoms with Crippen molar-refractivity contribution < 1.29 is 4.79 Å². The van der Waals surface area contributed by atoms with Gasteiger partial charge >= 0.3 is 0 Å². The quantitative estimate of drug-likeness (QED) is 0.886. The first-order valence-electron chi connectivity index (χ1n) is 8.69. The van der Waals surface area contributed by atoms with E-state index in [1.807, 2.05) is 6.92 Å². The van der Waals surface area contributed by atoms with Gasteiger partial charge in [-0.1, -0.05) is 66.6 Å². The van der Waals surface area contributed by atoms with Crippen LogP contribution in [-0.4, -0.2) is 19.0 Å². The average Bonchev–Trinajstić information content (AvgIpc) is 2.50. The normalized spacial score (nSPS) is 15.8. The molecule has 0 aliphatic carbocycles. The zero-order chi connectivity index (χ0) is 17.1. The Bertz CT molecular complexity index is 676. The van der Waals surface area contributed by atoms with Gasteiger partial charge in [0.1, 0.15) is 0 Å². The molecule has 1 aliphatic heterocycles. The van der Waals surface area contributed by atoms with Gasteiger partial charge in [0, 0.05) is 5.92 Å². The van der Waals surface area contributed by atoms with E-state index in [2.05, 4.69) is 73.0 Å². The Balaban J connectivity index is 1.88. The zero-order valence-corrected chi connectivity index (χ0v) is 14.7. The van der Waals surface area contributed by atoms with Crippen LogP contribution in [0.15, 0.2) is 48.5 Å². The molecular weight excluding hydrogens is 296 g/mol. The number of aryl methyl sites for hydroxylation is 2. The van der Waals surface area contributed by atoms with E-state index in [1.54, 1.807) is 0 Å². The summed E-state index contributed by atoms with van der Waals surface area (Å²) >= 11 is 0. The second-order valence-corrected chi connectivity index (χ2v) is 6.98. The number of hydrogen-bond donors (Lipinski definition) is 2. The molecule has 0 spiro atoms. The molecule has 0 saturated carbocycles. The molecule has 1 atom stereocenters. The standard InChI is InChI=1S/C21H26N2O/c1-14-6-4-8-17(10-14)20(18-9-5-7-15(2)11-18)23-21(24)16(3)19-12-22-13-19/h4-11,16,19-20,22H,12-13H2,1-3H3,(H,23,24). The molecule has 126 valence electrons. The van der Waals surface area contributed by atoms with Crippen LogP contribution in [-0.2, 0) is 4.79 Å². The maximum absolute atomic E-state index is 12.8. The van der Waals surface area contributed by atoms with Crippen LogP contribution in [0.1, 0.15) is 35.2 Å². The fraction of sp³-hybridized carbons (Fsp3) is 0.381. The van der Waals surface area contributed by atoms with Crippen molar-refractivity contribution in [1.82, 2.24) is 10.6 Å². The Morgan fingerprint density at radius 2 is 1.58 bits per heavy atom. The Morgan fingerprint density at radius 1 is 1.04 bits per heavy atom. The zero-order valence-electron chi connectivity index (χ0n) is 14.7. The topological polar surface area (TPSA) is 41.1 Å². The Morgan fingerprint density at radius 3 is 2.00 bits per heavy atom. The Kier molecular flexibility index (Phi) is 5.00. The molecule has 24 heavy (non-hydrogen) atoms. The fourth-order valence-corrected chi connectivity index (χ4v) is 3.21. The van der Waals surface area contributed by atoms with Gasteiger partial charge in [0.25, 0.3) is 0 Å². The van der Waals surface area contributed by atoms with Crippen molar-refractivity contribution in [3.8, 4) is 0 Å². The first-order valence-corrected chi connectivity index (χ1v) is 8.69. The van der Waals surface area contributed by atoms with Crippen LogP contribution in [0.3, 0.4) is 0 Å². The molecule has 0 bridgehead atoms. The van der Waals surface area contributed by atoms with Gasteiger partial charge in [-0.15, -0.1) is 0 Å². The van der Waals surface area contributed by atoms with Gasteiger partial charge in [-0.2, -0.15) is 0 Å². The van der Waals surface area contributed by atoms with Crippen LogP contribution < -0.4 is 10.6 Å². The van der Waals surface area contributed by atoms with Crippen LogP contribution in [0.25, 0.3) is 0 Å². The minimum absolute atomic E-state index is 0.0309. The summed E-state index contributed by atoms with van der Waals surface area (Å²) in [5, 5.41) is 6.53. The highest BCUT2D eigenvalue weighted by molar-refractivity contribution is 5.79. The van der Waals surface area contributed by atoms with Gasteiger partial charge in [0.2, 0.25) is 5.91 Å². The molecule has 1 unspecified atom stereocenters. The lowest BCUT2D eigenvalue weighted by Gasteiger charge is -2.33. The maximum Gasteiger partial charge on any atom is 0.223 e. The molecule has 1 amide bonds. The predicted molar refractivity (Wildman–Crippen MR) is 97.9 cm³/mol. The number of carbonyl (C=O) groups is 1. The third kappa shape index (κ3) is 3.68. The molecule has 1 fully saturated rings. The van der Waals surface area contributed by atoms with Crippen molar-refractivity contribution in [1.29, 1.82) is 0 Å². The fourth-order valence-electron chi connectivity index (χ4n) is 3.21. The van der Waals surface area contributed by atoms with Crippen LogP contribution in [0.5, 0.6) is 0 Å². The van der Waals surface area contributed by atoms with Crippen LogP contribution >= 0.6 is 0 Å². The highest BCUT2D eigenvalue weighted by atomic mass is 16.1. The number of amides is 1. The number of carbonyl (C=O) groups excluding carboxylic acids is 1. The summed E-state index contributed by atoms with van der Waals surface area (Å²) in [6.07, 6.45) is 0. The maximum atomic E-state index is 12.8. The molecule has 1 saturated heterocycles. The monoisotopic (exact) mass is 322 g/mol. The van der Waals surface area contributed by atoms with Gasteiger partial charge in [0.15, 0.2) is 0 Å². The molecule has 1 aliphatic rings. The molecule has 0 radical (unpaired) electrons. The van der Waals surface area contributed by atoms with E-state index in [4.69, 9.17) is 0 Å². The molecule has 2 aromatic rings. The number of benzene rings is 2. The van der Waals surface area contributed by atoms with Gasteiger partial charge in [-0.05, 0) is 44.0 Å². The first kappa shape index (κ1) is 16.7. The minimum Gasteiger partial charge on any atom is -0.345 e. The molecule has 1 heterocycles. The Hall–Kier alpha value is -2.13. The van der Waals surface area contributed by atoms with Crippen LogP contribution in [0.4, 0.5) is 0 Å². The van der Waals surface area contributed by atoms with E-state index in [0.29, 0.717) is 5.92 Å². The van der Waals surface area contributed by atoms with Crippen molar-refractivity contribution in [2.45, 2.75) is 26.8 Å². The van der Waals surface area contributed by atoms with E-state index < -0.39 is 0 Å². The van der Waals surface area contributed by atoms with Gasteiger partial charge in [-0.25, -0.2) is 0 Å². The highest BCUT2D eigenvalue weighted by Crippen LogP contribution is 2.25. The SMILES string of the molecule is Cc1cccc(C(NC(=O)C(C)C2CNC2)c2cccc(C)c2)c1. The first-order chi connectivity index (χ1) is 11.5. The van der Waals surface area contributed by atoms with E-state index in [-0.39, 0.29) is 17.9 Å². The van der Waals surface area contributed by atoms with Gasteiger partial charge in [-0.3, -0.25) is 4.79 Å². The Labute approximate surface area is 144 Å². The van der Waals surface area contributed by atoms with Crippen molar-refractivity contribution in [2.24, 2.45) is 11.8 Å². The number of rotatable bonds is 5. The third-order valence-corrected chi connectivity index (χ3v) is 4.97. The van der Waals surface area contributed by atoms with Gasteiger partial charge in [0.05, 0.1) is 6.04 Å². The van der Waals surface area contributed by atoms with Crippen LogP contribution in [0.2, 0.25) is 0 Å². The summed E-state index contributed by atoms with van der Waals surface area (Å²) in [4.78, 5) is 12.8. The molecule has 2 N–H and O–H groups in total. The second-order valence-electron chi connectivity index (χ2n) is 6.98. The molecular formula is C21H26N2O. The minimum atomic E-state index is -0.104. The summed E-state index contributed by atoms with van der Waals surface area (Å²) in [7, 11) is 0. The highest BCUT2D eigenvalue weighted by Gasteiger charge is 2.30. The van der Waals surface area contributed by atoms with E-state index in [0.717, 1.165) is 24.2 Å². The average molecular weight is 322 g/mol. The summed E-state index contributed by atoms with van der Waals surface area (Å²) in [6.45, 7) is 8.08. The van der Waals surface area contributed by atoms with E-state index in [9.17, 15) is 4.79 Å². The predicted octanol–water partition coefficient (Wildman–Crippen LogP) is 3.36. The smallest absolute Gasteiger partial charge is 0.223 e. The lowest BCUT2D eigenvalue weighted by Crippen LogP contribution is -2.50. The molecule has 2 aromatic carbocycles. The molecule has 3 heteroatoms. The van der Waals surface area contributed by atoms with Crippen molar-refractivity contribution >= 4 is 5.91 Å². The lowest BCUT2D eigenvalue weighted by atomic mass is 9.87. The van der Waals surface area contributed by atoms with Crippen molar-refractivity contribution in [3.63, 3.8) is 0 Å². The van der Waals surface area contributed by atoms with Crippen molar-refractivity contribution in [2.75, 3.05) is 13.1 Å². The molecule has 3 nitrogen and oxygen atoms in total. The largest absolute Gasteiger partial charge is 0.345 e. The van der Waals surface area contributed by atoms with Crippen molar-refractivity contribution in [3.05, 3.63) is 70.8 Å². The third-order valence-electron chi connectivity index (χ3n) is 4.97. The summed E-state index contributed by atoms with van der Waals surface area (Å²) < 4.78 is 0. The summed E-state index contributed by atoms with van der Waals surface area (Å²) in [6, 6.07) is 16.7. The lowest BCUT2D eigenvalue weighted by molar-refractivity contribution is -0.127. The summed E-state index contributed by atoms with van der Waals surface area (Å²) in [5.74, 6) is 0.610. The van der Waals surface area contributed by atoms with Gasteiger partial charge < -0.3 is 10.6 Å². The number of nitrogens with one attached hydrogen (secondary N) is 2. The van der Waals surface area contributed by atoms with E-state index >= 15 is 0 Å².